The van der Waals surface area contributed by atoms with Gasteiger partial charge in [-0.15, -0.1) is 0 Å². The number of hydrogen-bond donors (Lipinski definition) is 0. The van der Waals surface area contributed by atoms with Gasteiger partial charge in [-0.25, -0.2) is 0 Å². The quantitative estimate of drug-likeness (QED) is 0.0262. The van der Waals surface area contributed by atoms with E-state index in [1.807, 2.05) is 0 Å². The molecule has 0 rings (SSSR count). The van der Waals surface area contributed by atoms with Gasteiger partial charge in [0.15, 0.2) is 6.10 Å². The lowest BCUT2D eigenvalue weighted by Crippen LogP contribution is -2.30. The first-order valence-corrected chi connectivity index (χ1v) is 26.6. The zero-order valence-electron chi connectivity index (χ0n) is 41.8. The van der Waals surface area contributed by atoms with E-state index in [0.29, 0.717) is 19.3 Å². The molecule has 0 aliphatic heterocycles. The first kappa shape index (κ1) is 60.6. The molecular formula is C58H98O6. The molecule has 0 radical (unpaired) electrons. The van der Waals surface area contributed by atoms with Gasteiger partial charge in [0.2, 0.25) is 0 Å². The van der Waals surface area contributed by atoms with Gasteiger partial charge in [-0.2, -0.15) is 0 Å². The molecule has 0 saturated carbocycles. The molecule has 6 heteroatoms. The Morgan fingerprint density at radius 2 is 0.578 bits per heavy atom. The van der Waals surface area contributed by atoms with Crippen molar-refractivity contribution in [2.24, 2.45) is 0 Å². The fourth-order valence-corrected chi connectivity index (χ4v) is 7.05. The van der Waals surface area contributed by atoms with E-state index < -0.39 is 6.10 Å². The fraction of sp³-hybridized carbons (Fsp3) is 0.707. The summed E-state index contributed by atoms with van der Waals surface area (Å²) in [4.78, 5) is 38.0. The van der Waals surface area contributed by atoms with E-state index in [9.17, 15) is 14.4 Å². The lowest BCUT2D eigenvalue weighted by Gasteiger charge is -2.18. The van der Waals surface area contributed by atoms with Crippen molar-refractivity contribution in [2.45, 2.75) is 252 Å². The Morgan fingerprint density at radius 3 is 0.953 bits per heavy atom. The van der Waals surface area contributed by atoms with Crippen molar-refractivity contribution < 1.29 is 28.6 Å². The molecule has 64 heavy (non-hydrogen) atoms. The largest absolute Gasteiger partial charge is 0.462 e. The van der Waals surface area contributed by atoms with Gasteiger partial charge >= 0.3 is 17.9 Å². The van der Waals surface area contributed by atoms with Crippen LogP contribution in [-0.4, -0.2) is 37.2 Å². The molecule has 1 unspecified atom stereocenters. The average molecular weight is 891 g/mol. The number of hydrogen-bond acceptors (Lipinski definition) is 6. The van der Waals surface area contributed by atoms with E-state index in [-0.39, 0.29) is 37.5 Å². The summed E-state index contributed by atoms with van der Waals surface area (Å²) in [5.41, 5.74) is 0. The van der Waals surface area contributed by atoms with Gasteiger partial charge < -0.3 is 14.2 Å². The first-order valence-electron chi connectivity index (χ1n) is 26.6. The van der Waals surface area contributed by atoms with Crippen molar-refractivity contribution in [1.29, 1.82) is 0 Å². The minimum absolute atomic E-state index is 0.102. The van der Waals surface area contributed by atoms with Crippen LogP contribution in [0.5, 0.6) is 0 Å². The highest BCUT2D eigenvalue weighted by atomic mass is 16.6. The topological polar surface area (TPSA) is 78.9 Å². The second kappa shape index (κ2) is 52.2. The van der Waals surface area contributed by atoms with Crippen LogP contribution >= 0.6 is 0 Å². The van der Waals surface area contributed by atoms with Gasteiger partial charge in [-0.1, -0.05) is 196 Å². The van der Waals surface area contributed by atoms with Gasteiger partial charge in [-0.05, 0) is 116 Å². The predicted molar refractivity (Wildman–Crippen MR) is 274 cm³/mol. The molecule has 366 valence electrons. The molecule has 6 nitrogen and oxygen atoms in total. The highest BCUT2D eigenvalue weighted by molar-refractivity contribution is 5.71. The highest BCUT2D eigenvalue weighted by Crippen LogP contribution is 2.13. The van der Waals surface area contributed by atoms with Gasteiger partial charge in [0.1, 0.15) is 13.2 Å². The fourth-order valence-electron chi connectivity index (χ4n) is 7.05. The number of allylic oxidation sites excluding steroid dienone is 14. The van der Waals surface area contributed by atoms with Crippen LogP contribution in [0.2, 0.25) is 0 Å². The van der Waals surface area contributed by atoms with Gasteiger partial charge in [0, 0.05) is 19.3 Å². The summed E-state index contributed by atoms with van der Waals surface area (Å²) in [7, 11) is 0. The molecule has 0 heterocycles. The smallest absolute Gasteiger partial charge is 0.306 e. The Bertz CT molecular complexity index is 1250. The van der Waals surface area contributed by atoms with Crippen LogP contribution in [-0.2, 0) is 28.6 Å². The number of carbonyl (C=O) groups excluding carboxylic acids is 3. The van der Waals surface area contributed by atoms with E-state index in [0.717, 1.165) is 89.9 Å². The third-order valence-electron chi connectivity index (χ3n) is 11.1. The summed E-state index contributed by atoms with van der Waals surface area (Å²) >= 11 is 0. The minimum atomic E-state index is -0.806. The molecule has 0 spiro atoms. The zero-order chi connectivity index (χ0) is 46.5. The highest BCUT2D eigenvalue weighted by Gasteiger charge is 2.19. The maximum Gasteiger partial charge on any atom is 0.306 e. The Hall–Kier alpha value is -3.41. The monoisotopic (exact) mass is 891 g/mol. The first-order chi connectivity index (χ1) is 31.5. The Balaban J connectivity index is 4.49. The molecule has 1 atom stereocenters. The second-order valence-corrected chi connectivity index (χ2v) is 17.4. The van der Waals surface area contributed by atoms with Crippen LogP contribution in [0.4, 0.5) is 0 Å². The molecule has 0 aromatic heterocycles. The Morgan fingerprint density at radius 1 is 0.312 bits per heavy atom. The maximum absolute atomic E-state index is 12.8. The van der Waals surface area contributed by atoms with E-state index in [1.165, 1.54) is 109 Å². The molecule has 0 N–H and O–H groups in total. The van der Waals surface area contributed by atoms with E-state index in [2.05, 4.69) is 106 Å². The average Bonchev–Trinajstić information content (AvgIpc) is 3.29. The Kier molecular flexibility index (Phi) is 49.4. The number of unbranched alkanes of at least 4 members (excludes halogenated alkanes) is 22. The molecule has 0 aliphatic rings. The number of rotatable bonds is 47. The molecule has 0 aromatic carbocycles. The van der Waals surface area contributed by atoms with E-state index in [1.54, 1.807) is 0 Å². The van der Waals surface area contributed by atoms with Crippen LogP contribution in [0.25, 0.3) is 0 Å². The molecule has 0 amide bonds. The lowest BCUT2D eigenvalue weighted by atomic mass is 10.1. The summed E-state index contributed by atoms with van der Waals surface area (Å²) in [5, 5.41) is 0. The molecule has 0 aromatic rings. The van der Waals surface area contributed by atoms with Crippen LogP contribution in [0.15, 0.2) is 85.1 Å². The van der Waals surface area contributed by atoms with Crippen molar-refractivity contribution >= 4 is 17.9 Å². The lowest BCUT2D eigenvalue weighted by molar-refractivity contribution is -0.167. The van der Waals surface area contributed by atoms with E-state index in [4.69, 9.17) is 14.2 Å². The molecule has 0 aliphatic carbocycles. The standard InChI is InChI=1S/C58H98O6/c1-4-7-10-13-16-19-22-25-27-29-31-33-36-39-42-45-48-51-57(60)63-54-55(53-62-56(59)50-47-44-41-38-35-24-21-18-15-12-9-6-3)64-58(61)52-49-46-43-40-37-34-32-30-28-26-23-20-17-14-11-8-5-2/h16-21,25-28,31,33,39,42,55H,4-15,22-24,29-30,32,34-38,40-41,43-54H2,1-3H3/b19-16-,20-17-,21-18-,27-25-,28-26-,33-31-,42-39-. The molecular weight excluding hydrogens is 793 g/mol. The molecule has 0 fully saturated rings. The van der Waals surface area contributed by atoms with Crippen LogP contribution < -0.4 is 0 Å². The SMILES string of the molecule is CCCCC/C=C\C/C=C\C/C=C\C/C=C\CCCC(=O)OCC(COC(=O)CCCCCCC/C=C\CCCCC)OC(=O)CCCCCCCCC/C=C\C/C=C\CCCCC. The van der Waals surface area contributed by atoms with Crippen molar-refractivity contribution in [2.75, 3.05) is 13.2 Å². The number of ether oxygens (including phenoxy) is 3. The third kappa shape index (κ3) is 49.6. The van der Waals surface area contributed by atoms with Crippen molar-refractivity contribution in [3.05, 3.63) is 85.1 Å². The van der Waals surface area contributed by atoms with Gasteiger partial charge in [0.05, 0.1) is 0 Å². The van der Waals surface area contributed by atoms with Crippen LogP contribution in [0, 0.1) is 0 Å². The maximum atomic E-state index is 12.8. The van der Waals surface area contributed by atoms with Gasteiger partial charge in [0.25, 0.3) is 0 Å². The third-order valence-corrected chi connectivity index (χ3v) is 11.1. The van der Waals surface area contributed by atoms with Crippen molar-refractivity contribution in [3.8, 4) is 0 Å². The molecule has 0 bridgehead atoms. The summed E-state index contributed by atoms with van der Waals surface area (Å²) < 4.78 is 16.7. The second-order valence-electron chi connectivity index (χ2n) is 17.4. The number of esters is 3. The van der Waals surface area contributed by atoms with Gasteiger partial charge in [-0.3, -0.25) is 14.4 Å². The van der Waals surface area contributed by atoms with Crippen molar-refractivity contribution in [1.82, 2.24) is 0 Å². The van der Waals surface area contributed by atoms with Crippen LogP contribution in [0.3, 0.4) is 0 Å². The minimum Gasteiger partial charge on any atom is -0.462 e. The number of carbonyl (C=O) groups is 3. The van der Waals surface area contributed by atoms with Crippen LogP contribution in [0.1, 0.15) is 245 Å². The summed E-state index contributed by atoms with van der Waals surface area (Å²) in [5.74, 6) is -0.977. The summed E-state index contributed by atoms with van der Waals surface area (Å²) in [6, 6.07) is 0. The zero-order valence-corrected chi connectivity index (χ0v) is 41.8. The Labute approximate surface area is 395 Å². The molecule has 0 saturated heterocycles. The normalized spacial score (nSPS) is 12.7. The van der Waals surface area contributed by atoms with Crippen molar-refractivity contribution in [3.63, 3.8) is 0 Å². The predicted octanol–water partition coefficient (Wildman–Crippen LogP) is 17.6. The summed E-state index contributed by atoms with van der Waals surface area (Å²) in [6.07, 6.45) is 67.1. The van der Waals surface area contributed by atoms with E-state index >= 15 is 0 Å². The summed E-state index contributed by atoms with van der Waals surface area (Å²) in [6.45, 7) is 6.50.